The maximum atomic E-state index is 13.4. The number of carbonyl (C=O) groups excluding carboxylic acids is 1. The number of fused-ring (bicyclic) bond motifs is 2. The number of rotatable bonds is 2. The highest BCUT2D eigenvalue weighted by Gasteiger charge is 2.32. The Morgan fingerprint density at radius 3 is 2.68 bits per heavy atom. The van der Waals surface area contributed by atoms with Crippen molar-refractivity contribution in [2.45, 2.75) is 26.1 Å². The van der Waals surface area contributed by atoms with Crippen molar-refractivity contribution >= 4 is 33.2 Å². The number of amides is 1. The molecule has 0 unspecified atom stereocenters. The smallest absolute Gasteiger partial charge is 0.275 e. The Bertz CT molecular complexity index is 1180. The van der Waals surface area contributed by atoms with Gasteiger partial charge in [-0.3, -0.25) is 9.20 Å². The van der Waals surface area contributed by atoms with Gasteiger partial charge in [0.25, 0.3) is 5.91 Å². The number of aromatic nitrogens is 4. The summed E-state index contributed by atoms with van der Waals surface area (Å²) in [4.78, 5) is 25.6. The van der Waals surface area contributed by atoms with Crippen molar-refractivity contribution in [2.75, 3.05) is 13.1 Å². The Morgan fingerprint density at radius 1 is 1.18 bits per heavy atom. The fourth-order valence-corrected chi connectivity index (χ4v) is 4.71. The van der Waals surface area contributed by atoms with Crippen molar-refractivity contribution in [3.05, 3.63) is 41.5 Å². The molecule has 0 radical (unpaired) electrons. The van der Waals surface area contributed by atoms with Crippen LogP contribution in [-0.2, 0) is 11.8 Å². The Labute approximate surface area is 166 Å². The van der Waals surface area contributed by atoms with Gasteiger partial charge in [-0.2, -0.15) is 0 Å². The molecular weight excluding hydrogens is 374 g/mol. The largest absolute Gasteiger partial charge is 0.372 e. The summed E-state index contributed by atoms with van der Waals surface area (Å²) in [5.74, 6) is 0.671. The van der Waals surface area contributed by atoms with Gasteiger partial charge in [0.15, 0.2) is 16.5 Å². The molecule has 4 heterocycles. The van der Waals surface area contributed by atoms with Crippen molar-refractivity contribution in [3.8, 4) is 11.5 Å². The minimum Gasteiger partial charge on any atom is -0.372 e. The second kappa shape index (κ2) is 6.42. The van der Waals surface area contributed by atoms with E-state index in [9.17, 15) is 4.79 Å². The molecule has 1 fully saturated rings. The minimum atomic E-state index is -0.0695. The van der Waals surface area contributed by atoms with E-state index >= 15 is 0 Å². The van der Waals surface area contributed by atoms with Gasteiger partial charge in [0.1, 0.15) is 5.69 Å². The van der Waals surface area contributed by atoms with Crippen LogP contribution >= 0.6 is 11.3 Å². The van der Waals surface area contributed by atoms with Crippen LogP contribution in [0.4, 0.5) is 0 Å². The number of hydrogen-bond acceptors (Lipinski definition) is 5. The minimum absolute atomic E-state index is 0.00984. The van der Waals surface area contributed by atoms with Crippen LogP contribution in [-0.4, -0.2) is 55.0 Å². The highest BCUT2D eigenvalue weighted by molar-refractivity contribution is 7.15. The molecule has 1 aliphatic heterocycles. The molecule has 7 nitrogen and oxygen atoms in total. The predicted octanol–water partition coefficient (Wildman–Crippen LogP) is 3.20. The number of morpholine rings is 1. The van der Waals surface area contributed by atoms with Gasteiger partial charge in [-0.25, -0.2) is 9.97 Å². The number of aryl methyl sites for hydroxylation is 1. The average Bonchev–Trinajstić information content (AvgIpc) is 3.34. The van der Waals surface area contributed by atoms with E-state index in [1.807, 2.05) is 70.6 Å². The molecule has 8 heteroatoms. The maximum Gasteiger partial charge on any atom is 0.275 e. The summed E-state index contributed by atoms with van der Waals surface area (Å²) in [5, 5.41) is 1.97. The summed E-state index contributed by atoms with van der Waals surface area (Å²) < 4.78 is 9.78. The first kappa shape index (κ1) is 17.4. The summed E-state index contributed by atoms with van der Waals surface area (Å²) in [7, 11) is 1.98. The molecule has 1 saturated heterocycles. The van der Waals surface area contributed by atoms with Gasteiger partial charge in [-0.1, -0.05) is 12.1 Å². The zero-order valence-electron chi connectivity index (χ0n) is 16.0. The number of nitrogens with zero attached hydrogens (tertiary/aromatic N) is 5. The zero-order valence-corrected chi connectivity index (χ0v) is 16.8. The lowest BCUT2D eigenvalue weighted by Crippen LogP contribution is -2.48. The molecule has 3 aromatic heterocycles. The SMILES string of the molecule is C[C@@H]1CN(C(=O)c2nc3sccn3c2-c2nc3ccccc3n2C)C[C@H](C)O1. The quantitative estimate of drug-likeness (QED) is 0.523. The molecule has 2 atom stereocenters. The van der Waals surface area contributed by atoms with E-state index in [2.05, 4.69) is 4.98 Å². The standard InChI is InChI=1S/C20H21N5O2S/c1-12-10-24(11-13(2)27-12)19(26)16-17(25-8-9-28-20(25)22-16)18-21-14-6-4-5-7-15(14)23(18)3/h4-9,12-13H,10-11H2,1-3H3/t12-,13+. The lowest BCUT2D eigenvalue weighted by Gasteiger charge is -2.35. The van der Waals surface area contributed by atoms with E-state index in [0.29, 0.717) is 18.8 Å². The Balaban J connectivity index is 1.67. The monoisotopic (exact) mass is 395 g/mol. The van der Waals surface area contributed by atoms with Gasteiger partial charge in [0.05, 0.1) is 23.2 Å². The number of imidazole rings is 2. The Morgan fingerprint density at radius 2 is 1.93 bits per heavy atom. The first-order valence-electron chi connectivity index (χ1n) is 9.35. The number of benzene rings is 1. The van der Waals surface area contributed by atoms with Gasteiger partial charge in [0, 0.05) is 31.7 Å². The van der Waals surface area contributed by atoms with Crippen molar-refractivity contribution in [2.24, 2.45) is 7.05 Å². The van der Waals surface area contributed by atoms with Crippen molar-refractivity contribution in [1.29, 1.82) is 0 Å². The van der Waals surface area contributed by atoms with Crippen LogP contribution < -0.4 is 0 Å². The number of para-hydroxylation sites is 2. The van der Waals surface area contributed by atoms with Crippen LogP contribution in [0.1, 0.15) is 24.3 Å². The highest BCUT2D eigenvalue weighted by atomic mass is 32.1. The molecular formula is C20H21N5O2S. The molecule has 0 bridgehead atoms. The highest BCUT2D eigenvalue weighted by Crippen LogP contribution is 2.30. The normalized spacial score (nSPS) is 20.3. The molecule has 28 heavy (non-hydrogen) atoms. The topological polar surface area (TPSA) is 64.7 Å². The molecule has 1 aromatic carbocycles. The Hall–Kier alpha value is -2.71. The third-order valence-corrected chi connectivity index (χ3v) is 5.93. The molecule has 5 rings (SSSR count). The first-order chi connectivity index (χ1) is 13.5. The molecule has 1 aliphatic rings. The second-order valence-electron chi connectivity index (χ2n) is 7.32. The number of thiazole rings is 1. The number of carbonyl (C=O) groups is 1. The lowest BCUT2D eigenvalue weighted by atomic mass is 10.2. The van der Waals surface area contributed by atoms with Crippen molar-refractivity contribution in [1.82, 2.24) is 23.8 Å². The molecule has 144 valence electrons. The first-order valence-corrected chi connectivity index (χ1v) is 10.2. The molecule has 4 aromatic rings. The second-order valence-corrected chi connectivity index (χ2v) is 8.19. The van der Waals surface area contributed by atoms with Gasteiger partial charge in [-0.15, -0.1) is 11.3 Å². The molecule has 0 aliphatic carbocycles. The van der Waals surface area contributed by atoms with Gasteiger partial charge < -0.3 is 14.2 Å². The summed E-state index contributed by atoms with van der Waals surface area (Å²) >= 11 is 1.51. The van der Waals surface area contributed by atoms with Crippen LogP contribution in [0.3, 0.4) is 0 Å². The van der Waals surface area contributed by atoms with E-state index in [-0.39, 0.29) is 18.1 Å². The number of ether oxygens (including phenoxy) is 1. The van der Waals surface area contributed by atoms with Gasteiger partial charge >= 0.3 is 0 Å². The molecule has 0 spiro atoms. The molecule has 0 N–H and O–H groups in total. The van der Waals surface area contributed by atoms with Crippen LogP contribution in [0, 0.1) is 0 Å². The number of hydrogen-bond donors (Lipinski definition) is 0. The Kier molecular flexibility index (Phi) is 3.99. The van der Waals surface area contributed by atoms with E-state index < -0.39 is 0 Å². The summed E-state index contributed by atoms with van der Waals surface area (Å²) in [5.41, 5.74) is 3.12. The summed E-state index contributed by atoms with van der Waals surface area (Å²) in [6, 6.07) is 7.98. The maximum absolute atomic E-state index is 13.4. The molecule has 0 saturated carbocycles. The van der Waals surface area contributed by atoms with Crippen LogP contribution in [0.15, 0.2) is 35.8 Å². The van der Waals surface area contributed by atoms with Crippen molar-refractivity contribution < 1.29 is 9.53 Å². The van der Waals surface area contributed by atoms with E-state index in [4.69, 9.17) is 9.72 Å². The summed E-state index contributed by atoms with van der Waals surface area (Å²) in [6.07, 6.45) is 1.97. The van der Waals surface area contributed by atoms with Crippen molar-refractivity contribution in [3.63, 3.8) is 0 Å². The van der Waals surface area contributed by atoms with E-state index in [1.54, 1.807) is 0 Å². The van der Waals surface area contributed by atoms with Gasteiger partial charge in [-0.05, 0) is 26.0 Å². The fourth-order valence-electron chi connectivity index (χ4n) is 4.00. The van der Waals surface area contributed by atoms with Crippen LogP contribution in [0.5, 0.6) is 0 Å². The van der Waals surface area contributed by atoms with Gasteiger partial charge in [0.2, 0.25) is 0 Å². The van der Waals surface area contributed by atoms with E-state index in [0.717, 1.165) is 27.5 Å². The van der Waals surface area contributed by atoms with Crippen LogP contribution in [0.2, 0.25) is 0 Å². The predicted molar refractivity (Wildman–Crippen MR) is 109 cm³/mol. The fraction of sp³-hybridized carbons (Fsp3) is 0.350. The zero-order chi connectivity index (χ0) is 19.4. The summed E-state index contributed by atoms with van der Waals surface area (Å²) in [6.45, 7) is 5.12. The average molecular weight is 395 g/mol. The lowest BCUT2D eigenvalue weighted by molar-refractivity contribution is -0.0587. The van der Waals surface area contributed by atoms with E-state index in [1.165, 1.54) is 11.3 Å². The third-order valence-electron chi connectivity index (χ3n) is 5.17. The third kappa shape index (κ3) is 2.63. The molecule has 1 amide bonds. The van der Waals surface area contributed by atoms with Crippen LogP contribution in [0.25, 0.3) is 27.5 Å².